The minimum atomic E-state index is -0.386. The summed E-state index contributed by atoms with van der Waals surface area (Å²) in [4.78, 5) is 11.5. The fraction of sp³-hybridized carbons (Fsp3) is 0.160. The van der Waals surface area contributed by atoms with Gasteiger partial charge in [-0.25, -0.2) is 4.79 Å². The average molecular weight is 950 g/mol. The van der Waals surface area contributed by atoms with Crippen molar-refractivity contribution in [2.45, 2.75) is 6.61 Å². The summed E-state index contributed by atoms with van der Waals surface area (Å²) >= 11 is 18.5. The van der Waals surface area contributed by atoms with Gasteiger partial charge in [0.1, 0.15) is 17.1 Å². The number of fused-ring (bicyclic) bond motifs is 2. The van der Waals surface area contributed by atoms with Crippen LogP contribution in [0.25, 0.3) is 21.5 Å². The number of hydrogen-bond donors (Lipinski definition) is 1. The molecule has 0 spiro atoms. The van der Waals surface area contributed by atoms with Crippen LogP contribution in [0.5, 0.6) is 11.5 Å². The number of methoxy groups -OCH3 is 3. The summed E-state index contributed by atoms with van der Waals surface area (Å²) in [5.74, 6) is 0.888. The minimum absolute atomic E-state index is 0.00794. The molecule has 0 saturated carbocycles. The first-order chi connectivity index (χ1) is 22.9. The van der Waals surface area contributed by atoms with E-state index in [1.54, 1.807) is 93.1 Å². The molecule has 4 rings (SSSR count). The second-order valence-corrected chi connectivity index (χ2v) is 30.4. The third-order valence-electron chi connectivity index (χ3n) is 5.10. The van der Waals surface area contributed by atoms with E-state index in [4.69, 9.17) is 19.3 Å². The molecule has 0 aliphatic carbocycles. The molecule has 4 aromatic rings. The Hall–Kier alpha value is 0.170. The predicted molar refractivity (Wildman–Crippen MR) is 243 cm³/mol. The van der Waals surface area contributed by atoms with Crippen molar-refractivity contribution < 1.29 is 24.1 Å². The highest BCUT2D eigenvalue weighted by atomic mass is 33.4. The molecule has 0 atom stereocenters. The Balaban J connectivity index is 0.000000327. The van der Waals surface area contributed by atoms with Crippen LogP contribution in [0, 0.1) is 0 Å². The molecular formula is C25H24O5S17. The third-order valence-corrected chi connectivity index (χ3v) is 29.5. The van der Waals surface area contributed by atoms with E-state index >= 15 is 0 Å². The van der Waals surface area contributed by atoms with Crippen molar-refractivity contribution in [3.8, 4) is 11.5 Å². The van der Waals surface area contributed by atoms with Gasteiger partial charge in [-0.3, -0.25) is 0 Å². The molecule has 0 aliphatic heterocycles. The summed E-state index contributed by atoms with van der Waals surface area (Å²) < 4.78 is 15.1. The number of hydrogen-bond acceptors (Lipinski definition) is 9. The lowest BCUT2D eigenvalue weighted by atomic mass is 10.1. The zero-order valence-corrected chi connectivity index (χ0v) is 38.0. The highest BCUT2D eigenvalue weighted by Gasteiger charge is 2.13. The summed E-state index contributed by atoms with van der Waals surface area (Å²) in [6, 6.07) is 23.3. The maximum Gasteiger partial charge on any atom is 0.341 e. The smallest absolute Gasteiger partial charge is 0.341 e. The number of rotatable bonds is 4. The quantitative estimate of drug-likeness (QED) is 0.287. The molecule has 0 heterocycles. The Morgan fingerprint density at radius 2 is 0.936 bits per heavy atom. The normalized spacial score (nSPS) is 8.94. The molecule has 22 heteroatoms. The summed E-state index contributed by atoms with van der Waals surface area (Å²) in [6.07, 6.45) is 0. The SMILES string of the molecule is COC(=O)c1cc2ccccc2cc1OC.COc1cc2ccccc2cc1CO.S=S=S=S=S=S=S=S.S=S=S=S=S=S=S=S=S. The largest absolute Gasteiger partial charge is 0.496 e. The van der Waals surface area contributed by atoms with Crippen LogP contribution in [0.3, 0.4) is 0 Å². The van der Waals surface area contributed by atoms with Gasteiger partial charge in [0.25, 0.3) is 0 Å². The van der Waals surface area contributed by atoms with Gasteiger partial charge >= 0.3 is 5.97 Å². The first kappa shape index (κ1) is 45.2. The maximum atomic E-state index is 11.5. The van der Waals surface area contributed by atoms with Gasteiger partial charge in [0.2, 0.25) is 0 Å². The highest BCUT2D eigenvalue weighted by Crippen LogP contribution is 2.27. The number of ether oxygens (including phenoxy) is 3. The molecule has 0 amide bonds. The Bertz CT molecular complexity index is 2130. The summed E-state index contributed by atoms with van der Waals surface area (Å²) in [5, 5.41) is 13.4. The van der Waals surface area contributed by atoms with Crippen LogP contribution >= 0.6 is 0 Å². The van der Waals surface area contributed by atoms with Crippen molar-refractivity contribution in [2.24, 2.45) is 0 Å². The van der Waals surface area contributed by atoms with Crippen LogP contribution in [0.4, 0.5) is 0 Å². The fourth-order valence-electron chi connectivity index (χ4n) is 3.34. The topological polar surface area (TPSA) is 65.0 Å². The molecule has 0 saturated heterocycles. The Kier molecular flexibility index (Phi) is 28.7. The van der Waals surface area contributed by atoms with Crippen LogP contribution in [-0.2, 0) is 172 Å². The van der Waals surface area contributed by atoms with Crippen molar-refractivity contribution in [3.05, 3.63) is 83.9 Å². The molecule has 47 heavy (non-hydrogen) atoms. The molecule has 5 nitrogen and oxygen atoms in total. The molecule has 0 unspecified atom stereocenters. The zero-order chi connectivity index (χ0) is 34.7. The van der Waals surface area contributed by atoms with Gasteiger partial charge in [-0.2, -0.15) is 0 Å². The van der Waals surface area contributed by atoms with Crippen molar-refractivity contribution >= 4 is 188 Å². The molecule has 0 bridgehead atoms. The van der Waals surface area contributed by atoms with Gasteiger partial charge in [-0.1, -0.05) is 48.5 Å². The second-order valence-electron chi connectivity index (χ2n) is 7.45. The zero-order valence-electron chi connectivity index (χ0n) is 24.2. The summed E-state index contributed by atoms with van der Waals surface area (Å²) in [7, 11) is 24.5. The van der Waals surface area contributed by atoms with Crippen LogP contribution < -0.4 is 9.47 Å². The molecule has 0 fully saturated rings. The molecule has 0 radical (unpaired) electrons. The van der Waals surface area contributed by atoms with Gasteiger partial charge in [0, 0.05) is 166 Å². The monoisotopic (exact) mass is 948 g/mol. The van der Waals surface area contributed by atoms with Gasteiger partial charge in [0.15, 0.2) is 0 Å². The van der Waals surface area contributed by atoms with Crippen LogP contribution in [0.1, 0.15) is 15.9 Å². The molecule has 1 N–H and O–H groups in total. The Morgan fingerprint density at radius 3 is 1.30 bits per heavy atom. The standard InChI is InChI=1S/C13H12O3.C12H12O2.S9.S8/c1-15-12-8-10-6-4-3-5-9(10)7-11(12)13(14)16-2;1-14-12-7-10-5-3-2-4-9(10)6-11(12)8-13;1-3-5-7-9-8-6-4-2;1-3-5-7-8-6-4-2/h3-8H,1-2H3;2-7,13H,8H2,1H3;;. The number of esters is 1. The van der Waals surface area contributed by atoms with Gasteiger partial charge in [-0.15, -0.1) is 0 Å². The van der Waals surface area contributed by atoms with Crippen molar-refractivity contribution in [3.63, 3.8) is 0 Å². The lowest BCUT2D eigenvalue weighted by Gasteiger charge is -2.08. The fourth-order valence-corrected chi connectivity index (χ4v) is 28.0. The molecular weight excluding hydrogens is 925 g/mol. The van der Waals surface area contributed by atoms with E-state index in [0.29, 0.717) is 11.3 Å². The van der Waals surface area contributed by atoms with E-state index in [-0.39, 0.29) is 12.6 Å². The van der Waals surface area contributed by atoms with E-state index in [1.807, 2.05) is 66.7 Å². The minimum Gasteiger partial charge on any atom is -0.496 e. The highest BCUT2D eigenvalue weighted by molar-refractivity contribution is 8.72. The van der Waals surface area contributed by atoms with Gasteiger partial charge in [-0.05, 0) is 45.8 Å². The maximum absolute atomic E-state index is 11.5. The number of carbonyl (C=O) groups is 1. The van der Waals surface area contributed by atoms with E-state index in [9.17, 15) is 4.79 Å². The molecule has 256 valence electrons. The molecule has 0 aromatic heterocycles. The van der Waals surface area contributed by atoms with E-state index < -0.39 is 0 Å². The van der Waals surface area contributed by atoms with Crippen molar-refractivity contribution in [1.29, 1.82) is 0 Å². The lowest BCUT2D eigenvalue weighted by Crippen LogP contribution is -2.03. The van der Waals surface area contributed by atoms with Crippen molar-refractivity contribution in [1.82, 2.24) is 0 Å². The van der Waals surface area contributed by atoms with E-state index in [0.717, 1.165) is 32.9 Å². The van der Waals surface area contributed by atoms with Crippen LogP contribution in [-0.4, -0.2) is 32.4 Å². The van der Waals surface area contributed by atoms with E-state index in [2.05, 4.69) is 44.8 Å². The average Bonchev–Trinajstić information content (AvgIpc) is 3.12. The first-order valence-corrected chi connectivity index (χ1v) is 31.9. The number of aliphatic hydroxyl groups excluding tert-OH is 1. The van der Waals surface area contributed by atoms with Gasteiger partial charge < -0.3 is 19.3 Å². The van der Waals surface area contributed by atoms with Crippen LogP contribution in [0.15, 0.2) is 72.8 Å². The summed E-state index contributed by atoms with van der Waals surface area (Å²) in [5.41, 5.74) is 1.27. The van der Waals surface area contributed by atoms with E-state index in [1.165, 1.54) is 49.7 Å². The number of carbonyl (C=O) groups excluding carboxylic acids is 1. The first-order valence-electron chi connectivity index (χ1n) is 11.9. The third kappa shape index (κ3) is 18.8. The number of benzene rings is 4. The summed E-state index contributed by atoms with van der Waals surface area (Å²) in [6.45, 7) is 0.00794. The van der Waals surface area contributed by atoms with Crippen LogP contribution in [0.2, 0.25) is 0 Å². The number of aliphatic hydroxyl groups is 1. The lowest BCUT2D eigenvalue weighted by molar-refractivity contribution is 0.0597. The Morgan fingerprint density at radius 1 is 0.574 bits per heavy atom. The predicted octanol–water partition coefficient (Wildman–Crippen LogP) is 4.93. The van der Waals surface area contributed by atoms with Gasteiger partial charge in [0.05, 0.1) is 27.9 Å². The second kappa shape index (κ2) is 29.9. The van der Waals surface area contributed by atoms with Crippen molar-refractivity contribution in [2.75, 3.05) is 21.3 Å². The molecule has 4 aromatic carbocycles. The Labute approximate surface area is 330 Å². The molecule has 0 aliphatic rings.